The van der Waals surface area contributed by atoms with Crippen molar-refractivity contribution in [3.8, 4) is 0 Å². The minimum Gasteiger partial charge on any atom is -0.550 e. The first kappa shape index (κ1) is 34.3. The Bertz CT molecular complexity index is 742. The minimum absolute atomic E-state index is 0.0409. The second-order valence-corrected chi connectivity index (χ2v) is 12.9. The molecule has 3 unspecified atom stereocenters. The Kier molecular flexibility index (Phi) is 17.5. The van der Waals surface area contributed by atoms with Crippen LogP contribution in [-0.2, 0) is 9.59 Å². The average Bonchev–Trinajstić information content (AvgIpc) is 2.85. The number of carboxylic acid groups (broad SMARTS) is 2. The first-order chi connectivity index (χ1) is 18.0. The number of carboxylic acids is 2. The van der Waals surface area contributed by atoms with Crippen LogP contribution in [0.2, 0.25) is 0 Å². The van der Waals surface area contributed by atoms with Crippen LogP contribution in [0.4, 0.5) is 4.79 Å². The van der Waals surface area contributed by atoms with Crippen molar-refractivity contribution in [1.82, 2.24) is 10.2 Å². The van der Waals surface area contributed by atoms with Gasteiger partial charge < -0.3 is 30.0 Å². The molecule has 0 radical (unpaired) electrons. The lowest BCUT2D eigenvalue weighted by molar-refractivity contribution is -0.313. The van der Waals surface area contributed by atoms with Gasteiger partial charge in [-0.25, -0.2) is 4.79 Å². The molecule has 0 aromatic carbocycles. The molecule has 0 spiro atoms. The van der Waals surface area contributed by atoms with Crippen molar-refractivity contribution in [2.24, 2.45) is 23.7 Å². The van der Waals surface area contributed by atoms with Crippen LogP contribution in [0.3, 0.4) is 0 Å². The lowest BCUT2D eigenvalue weighted by Gasteiger charge is -2.34. The number of allylic oxidation sites excluding steroid dienone is 1. The topological polar surface area (TPSA) is 113 Å². The van der Waals surface area contributed by atoms with Gasteiger partial charge in [-0.3, -0.25) is 0 Å². The number of urea groups is 1. The van der Waals surface area contributed by atoms with Crippen LogP contribution in [-0.4, -0.2) is 53.5 Å². The standard InChI is InChI=1S/C30H54N2O5S/c1-22(2)10-6-11-23(3)12-7-13-24(4)14-8-15-25(5)17-19-38-21-27(29(35)36)31-30(37)32-18-9-16-26(20-32)28(33)34/h17,22-24,26-27H,6-16,18-21H2,1-5H3,(H,31,37)(H,33,34)(H,35,36)/p-2/b25-17+/t23?,24?,26?,27-/m0/s1. The quantitative estimate of drug-likeness (QED) is 0.188. The highest BCUT2D eigenvalue weighted by molar-refractivity contribution is 7.99. The predicted molar refractivity (Wildman–Crippen MR) is 152 cm³/mol. The van der Waals surface area contributed by atoms with Crippen molar-refractivity contribution < 1.29 is 24.6 Å². The normalized spacial score (nSPS) is 18.7. The highest BCUT2D eigenvalue weighted by atomic mass is 32.2. The highest BCUT2D eigenvalue weighted by Crippen LogP contribution is 2.22. The maximum absolute atomic E-state index is 12.4. The van der Waals surface area contributed by atoms with Crippen LogP contribution >= 0.6 is 11.8 Å². The molecule has 1 heterocycles. The minimum atomic E-state index is -1.33. The second kappa shape index (κ2) is 19.4. The van der Waals surface area contributed by atoms with Crippen LogP contribution in [0.25, 0.3) is 0 Å². The first-order valence-corrected chi connectivity index (χ1v) is 15.9. The molecule has 0 bridgehead atoms. The summed E-state index contributed by atoms with van der Waals surface area (Å²) in [6.07, 6.45) is 14.6. The second-order valence-electron chi connectivity index (χ2n) is 11.9. The molecule has 1 aliphatic heterocycles. The van der Waals surface area contributed by atoms with E-state index < -0.39 is 29.9 Å². The fraction of sp³-hybridized carbons (Fsp3) is 0.833. The molecule has 8 heteroatoms. The average molecular weight is 553 g/mol. The van der Waals surface area contributed by atoms with E-state index >= 15 is 0 Å². The Morgan fingerprint density at radius 3 is 2.16 bits per heavy atom. The molecule has 38 heavy (non-hydrogen) atoms. The number of rotatable bonds is 19. The molecule has 4 atom stereocenters. The Morgan fingerprint density at radius 1 is 0.974 bits per heavy atom. The van der Waals surface area contributed by atoms with Crippen molar-refractivity contribution >= 4 is 29.7 Å². The van der Waals surface area contributed by atoms with E-state index in [0.717, 1.165) is 24.2 Å². The third-order valence-electron chi connectivity index (χ3n) is 7.60. The molecular weight excluding hydrogens is 500 g/mol. The number of hydrogen-bond acceptors (Lipinski definition) is 6. The highest BCUT2D eigenvalue weighted by Gasteiger charge is 2.26. The summed E-state index contributed by atoms with van der Waals surface area (Å²) < 4.78 is 0. The fourth-order valence-corrected chi connectivity index (χ4v) is 5.95. The summed E-state index contributed by atoms with van der Waals surface area (Å²) in [4.78, 5) is 36.4. The molecular formula is C30H52N2O5S-2. The molecule has 1 aliphatic rings. The molecule has 0 aromatic heterocycles. The molecule has 0 saturated carbocycles. The number of nitrogens with zero attached hydrogens (tertiary/aromatic N) is 1. The third-order valence-corrected chi connectivity index (χ3v) is 8.57. The van der Waals surface area contributed by atoms with Gasteiger partial charge in [0.05, 0.1) is 12.0 Å². The van der Waals surface area contributed by atoms with Crippen molar-refractivity contribution in [2.75, 3.05) is 24.6 Å². The summed E-state index contributed by atoms with van der Waals surface area (Å²) in [7, 11) is 0. The van der Waals surface area contributed by atoms with Crippen molar-refractivity contribution in [3.05, 3.63) is 11.6 Å². The first-order valence-electron chi connectivity index (χ1n) is 14.7. The van der Waals surface area contributed by atoms with E-state index in [4.69, 9.17) is 0 Å². The zero-order chi connectivity index (χ0) is 28.5. The maximum Gasteiger partial charge on any atom is 0.317 e. The van der Waals surface area contributed by atoms with Gasteiger partial charge in [0.25, 0.3) is 0 Å². The van der Waals surface area contributed by atoms with Crippen molar-refractivity contribution in [1.29, 1.82) is 0 Å². The van der Waals surface area contributed by atoms with Gasteiger partial charge in [0.15, 0.2) is 0 Å². The third kappa shape index (κ3) is 15.6. The number of hydrogen-bond donors (Lipinski definition) is 1. The van der Waals surface area contributed by atoms with Gasteiger partial charge in [-0.05, 0) is 50.4 Å². The van der Waals surface area contributed by atoms with Crippen LogP contribution < -0.4 is 15.5 Å². The van der Waals surface area contributed by atoms with Gasteiger partial charge >= 0.3 is 6.03 Å². The molecule has 1 rings (SSSR count). The Balaban J connectivity index is 2.23. The molecule has 7 nitrogen and oxygen atoms in total. The van der Waals surface area contributed by atoms with Gasteiger partial charge in [0.1, 0.15) is 0 Å². The fourth-order valence-electron chi connectivity index (χ4n) is 4.96. The largest absolute Gasteiger partial charge is 0.550 e. The van der Waals surface area contributed by atoms with Gasteiger partial charge in [0, 0.05) is 36.5 Å². The van der Waals surface area contributed by atoms with Crippen LogP contribution in [0.15, 0.2) is 11.6 Å². The Hall–Kier alpha value is -1.70. The number of aliphatic carboxylic acids is 2. The number of nitrogens with one attached hydrogen (secondary N) is 1. The van der Waals surface area contributed by atoms with E-state index in [-0.39, 0.29) is 12.3 Å². The van der Waals surface area contributed by atoms with Crippen molar-refractivity contribution in [3.63, 3.8) is 0 Å². The van der Waals surface area contributed by atoms with E-state index in [2.05, 4.69) is 46.0 Å². The lowest BCUT2D eigenvalue weighted by Crippen LogP contribution is -2.55. The van der Waals surface area contributed by atoms with Gasteiger partial charge in [-0.2, -0.15) is 11.8 Å². The van der Waals surface area contributed by atoms with E-state index in [0.29, 0.717) is 25.1 Å². The number of thioether (sulfide) groups is 1. The summed E-state index contributed by atoms with van der Waals surface area (Å²) in [6, 6.07) is -1.68. The van der Waals surface area contributed by atoms with Crippen molar-refractivity contribution in [2.45, 2.75) is 111 Å². The number of likely N-dealkylation sites (tertiary alicyclic amines) is 1. The summed E-state index contributed by atoms with van der Waals surface area (Å²) >= 11 is 1.44. The number of carbonyl (C=O) groups excluding carboxylic acids is 3. The van der Waals surface area contributed by atoms with Gasteiger partial charge in [-0.15, -0.1) is 0 Å². The van der Waals surface area contributed by atoms with E-state index in [1.54, 1.807) is 0 Å². The van der Waals surface area contributed by atoms with Gasteiger partial charge in [0.2, 0.25) is 0 Å². The monoisotopic (exact) mass is 552 g/mol. The molecule has 220 valence electrons. The van der Waals surface area contributed by atoms with Crippen LogP contribution in [0.5, 0.6) is 0 Å². The summed E-state index contributed by atoms with van der Waals surface area (Å²) in [5.74, 6) is 0.0327. The Labute approximate surface area is 235 Å². The lowest BCUT2D eigenvalue weighted by atomic mass is 9.91. The summed E-state index contributed by atoms with van der Waals surface area (Å²) in [6.45, 7) is 11.9. The van der Waals surface area contributed by atoms with Gasteiger partial charge in [-0.1, -0.05) is 84.3 Å². The zero-order valence-corrected chi connectivity index (χ0v) is 25.3. The Morgan fingerprint density at radius 2 is 1.58 bits per heavy atom. The molecule has 2 amide bonds. The SMILES string of the molecule is C/C(=C\CSC[C@H](NC(=O)N1CCCC(C(=O)[O-])C1)C(=O)[O-])CCCC(C)CCCC(C)CCCC(C)C. The number of piperidine rings is 1. The zero-order valence-electron chi connectivity index (χ0n) is 24.5. The maximum atomic E-state index is 12.4. The van der Waals surface area contributed by atoms with E-state index in [9.17, 15) is 24.6 Å². The smallest absolute Gasteiger partial charge is 0.317 e. The van der Waals surface area contributed by atoms with E-state index in [1.807, 2.05) is 0 Å². The summed E-state index contributed by atoms with van der Waals surface area (Å²) in [5, 5.41) is 25.1. The molecule has 1 N–H and O–H groups in total. The number of amides is 2. The number of carbonyl (C=O) groups is 3. The molecule has 1 fully saturated rings. The predicted octanol–water partition coefficient (Wildman–Crippen LogP) is 4.40. The summed E-state index contributed by atoms with van der Waals surface area (Å²) in [5.41, 5.74) is 1.30. The molecule has 1 saturated heterocycles. The molecule has 0 aromatic rings. The van der Waals surface area contributed by atoms with Crippen LogP contribution in [0, 0.1) is 23.7 Å². The molecule has 0 aliphatic carbocycles. The van der Waals surface area contributed by atoms with E-state index in [1.165, 1.54) is 73.6 Å². The van der Waals surface area contributed by atoms with Crippen LogP contribution in [0.1, 0.15) is 105 Å².